The molecule has 1 saturated heterocycles. The molecule has 1 aliphatic rings. The minimum Gasteiger partial charge on any atom is -0.370 e. The minimum absolute atomic E-state index is 0.121. The van der Waals surface area contributed by atoms with Gasteiger partial charge in [0.15, 0.2) is 0 Å². The Morgan fingerprint density at radius 2 is 2.07 bits per heavy atom. The van der Waals surface area contributed by atoms with Crippen molar-refractivity contribution < 1.29 is 23.1 Å². The van der Waals surface area contributed by atoms with Gasteiger partial charge in [0.1, 0.15) is 12.6 Å². The number of hydrogen-bond donors (Lipinski definition) is 2. The van der Waals surface area contributed by atoms with E-state index in [1.165, 1.54) is 23.1 Å². The summed E-state index contributed by atoms with van der Waals surface area (Å²) < 4.78 is 32.2. The molecule has 1 aliphatic heterocycles. The summed E-state index contributed by atoms with van der Waals surface area (Å²) in [6.07, 6.45) is -2.79. The fourth-order valence-electron chi connectivity index (χ4n) is 3.14. The van der Waals surface area contributed by atoms with E-state index in [9.17, 15) is 18.4 Å². The normalized spacial score (nSPS) is 16.1. The zero-order valence-corrected chi connectivity index (χ0v) is 15.6. The number of hydrogen-bond acceptors (Lipinski definition) is 5. The van der Waals surface area contributed by atoms with Crippen molar-refractivity contribution in [3.8, 4) is 0 Å². The van der Waals surface area contributed by atoms with E-state index in [2.05, 4.69) is 5.32 Å². The average Bonchev–Trinajstić information content (AvgIpc) is 2.66. The zero-order chi connectivity index (χ0) is 20.0. The van der Waals surface area contributed by atoms with Gasteiger partial charge in [-0.2, -0.15) is 0 Å². The lowest BCUT2D eigenvalue weighted by molar-refractivity contribution is -0.125. The van der Waals surface area contributed by atoms with E-state index in [1.807, 2.05) is 18.7 Å². The first-order valence-electron chi connectivity index (χ1n) is 8.98. The van der Waals surface area contributed by atoms with Crippen LogP contribution in [-0.4, -0.2) is 62.1 Å². The number of carbonyl (C=O) groups is 2. The molecule has 1 fully saturated rings. The summed E-state index contributed by atoms with van der Waals surface area (Å²) in [5.41, 5.74) is 5.78. The van der Waals surface area contributed by atoms with Crippen LogP contribution in [0.25, 0.3) is 0 Å². The molecule has 150 valence electrons. The van der Waals surface area contributed by atoms with Gasteiger partial charge >= 0.3 is 0 Å². The number of amides is 2. The second-order valence-electron chi connectivity index (χ2n) is 6.13. The van der Waals surface area contributed by atoms with Crippen LogP contribution in [0.4, 0.5) is 20.2 Å². The molecule has 1 aromatic rings. The summed E-state index contributed by atoms with van der Waals surface area (Å²) in [5.74, 6) is -0.721. The summed E-state index contributed by atoms with van der Waals surface area (Å²) in [6, 6.07) is 3.60. The number of halogens is 2. The van der Waals surface area contributed by atoms with Crippen molar-refractivity contribution in [2.45, 2.75) is 26.3 Å². The molecule has 0 bridgehead atoms. The van der Waals surface area contributed by atoms with Crippen molar-refractivity contribution in [1.82, 2.24) is 4.90 Å². The molecule has 0 aliphatic carbocycles. The third-order valence-electron chi connectivity index (χ3n) is 4.59. The van der Waals surface area contributed by atoms with E-state index in [0.717, 1.165) is 0 Å². The Hall–Kier alpha value is -2.10. The largest absolute Gasteiger partial charge is 0.370 e. The van der Waals surface area contributed by atoms with Crippen LogP contribution in [0.3, 0.4) is 0 Å². The van der Waals surface area contributed by atoms with Crippen LogP contribution in [0.15, 0.2) is 18.2 Å². The van der Waals surface area contributed by atoms with E-state index in [-0.39, 0.29) is 55.1 Å². The number of benzene rings is 1. The molecule has 1 atom stereocenters. The van der Waals surface area contributed by atoms with Gasteiger partial charge < -0.3 is 20.7 Å². The Labute approximate surface area is 157 Å². The van der Waals surface area contributed by atoms with E-state index >= 15 is 0 Å². The molecule has 0 unspecified atom stereocenters. The molecule has 2 rings (SSSR count). The summed E-state index contributed by atoms with van der Waals surface area (Å²) in [7, 11) is 0. The molecule has 1 aromatic carbocycles. The Morgan fingerprint density at radius 3 is 2.63 bits per heavy atom. The van der Waals surface area contributed by atoms with Crippen LogP contribution in [0.2, 0.25) is 0 Å². The van der Waals surface area contributed by atoms with Crippen molar-refractivity contribution in [2.24, 2.45) is 5.73 Å². The lowest BCUT2D eigenvalue weighted by atomic mass is 10.1. The van der Waals surface area contributed by atoms with Gasteiger partial charge in [-0.25, -0.2) is 8.78 Å². The molecule has 3 N–H and O–H groups in total. The Morgan fingerprint density at radius 1 is 1.37 bits per heavy atom. The van der Waals surface area contributed by atoms with Crippen molar-refractivity contribution in [2.75, 3.05) is 49.6 Å². The number of ether oxygens (including phenoxy) is 1. The van der Waals surface area contributed by atoms with Gasteiger partial charge in [-0.05, 0) is 31.3 Å². The van der Waals surface area contributed by atoms with Crippen LogP contribution in [-0.2, 0) is 14.3 Å². The van der Waals surface area contributed by atoms with Gasteiger partial charge in [0, 0.05) is 24.3 Å². The van der Waals surface area contributed by atoms with Crippen LogP contribution in [0.1, 0.15) is 25.8 Å². The molecule has 0 saturated carbocycles. The summed E-state index contributed by atoms with van der Waals surface area (Å²) >= 11 is 0. The van der Waals surface area contributed by atoms with Crippen LogP contribution >= 0.6 is 0 Å². The number of rotatable bonds is 8. The fourth-order valence-corrected chi connectivity index (χ4v) is 3.14. The van der Waals surface area contributed by atoms with E-state index in [0.29, 0.717) is 13.1 Å². The van der Waals surface area contributed by atoms with E-state index in [1.54, 1.807) is 0 Å². The molecular weight excluding hydrogens is 358 g/mol. The molecule has 9 heteroatoms. The third-order valence-corrected chi connectivity index (χ3v) is 4.59. The quantitative estimate of drug-likeness (QED) is 0.711. The number of carbonyl (C=O) groups excluding carboxylic acids is 2. The molecule has 0 radical (unpaired) electrons. The molecule has 7 nitrogen and oxygen atoms in total. The zero-order valence-electron chi connectivity index (χ0n) is 15.6. The Kier molecular flexibility index (Phi) is 7.64. The predicted molar refractivity (Wildman–Crippen MR) is 99.0 cm³/mol. The van der Waals surface area contributed by atoms with E-state index < -0.39 is 12.5 Å². The maximum absolute atomic E-state index is 13.6. The number of alkyl halides is 2. The third kappa shape index (κ3) is 5.00. The summed E-state index contributed by atoms with van der Waals surface area (Å²) in [5, 5.41) is 2.66. The minimum atomic E-state index is -2.79. The number of anilines is 2. The standard InChI is InChI=1S/C18H26F2N4O3/c1-3-23(4-2)15(10-21)18(26)22-12-5-6-14(13(9-12)17(19)20)24-7-8-27-11-16(24)25/h5-6,9,15,17H,3-4,7-8,10-11,21H2,1-2H3,(H,22,26)/t15-/m1/s1. The highest BCUT2D eigenvalue weighted by atomic mass is 19.3. The van der Waals surface area contributed by atoms with Crippen molar-refractivity contribution in [3.63, 3.8) is 0 Å². The number of nitrogens with two attached hydrogens (primary N) is 1. The average molecular weight is 384 g/mol. The number of nitrogens with one attached hydrogen (secondary N) is 1. The predicted octanol–water partition coefficient (Wildman–Crippen LogP) is 1.59. The van der Waals surface area contributed by atoms with Gasteiger partial charge in [-0.1, -0.05) is 13.8 Å². The SMILES string of the molecule is CCN(CC)[C@H](CN)C(=O)Nc1ccc(N2CCOCC2=O)c(C(F)F)c1. The first-order valence-corrected chi connectivity index (χ1v) is 8.98. The lowest BCUT2D eigenvalue weighted by Gasteiger charge is -2.29. The molecule has 0 aromatic heterocycles. The Balaban J connectivity index is 2.24. The topological polar surface area (TPSA) is 87.9 Å². The highest BCUT2D eigenvalue weighted by Crippen LogP contribution is 2.33. The van der Waals surface area contributed by atoms with Crippen LogP contribution in [0, 0.1) is 0 Å². The Bertz CT molecular complexity index is 668. The summed E-state index contributed by atoms with van der Waals surface area (Å²) in [6.45, 7) is 5.61. The smallest absolute Gasteiger partial charge is 0.265 e. The molecule has 0 spiro atoms. The lowest BCUT2D eigenvalue weighted by Crippen LogP contribution is -2.48. The van der Waals surface area contributed by atoms with Gasteiger partial charge in [0.2, 0.25) is 5.91 Å². The summed E-state index contributed by atoms with van der Waals surface area (Å²) in [4.78, 5) is 27.7. The first-order chi connectivity index (χ1) is 12.9. The van der Waals surface area contributed by atoms with Crippen molar-refractivity contribution in [3.05, 3.63) is 23.8 Å². The second-order valence-corrected chi connectivity index (χ2v) is 6.13. The number of likely N-dealkylation sites (N-methyl/N-ethyl adjacent to an activating group) is 1. The number of nitrogens with zero attached hydrogens (tertiary/aromatic N) is 2. The van der Waals surface area contributed by atoms with Crippen LogP contribution in [0.5, 0.6) is 0 Å². The van der Waals surface area contributed by atoms with Crippen molar-refractivity contribution in [1.29, 1.82) is 0 Å². The highest BCUT2D eigenvalue weighted by Gasteiger charge is 2.27. The number of morpholine rings is 1. The molecule has 27 heavy (non-hydrogen) atoms. The molecule has 2 amide bonds. The van der Waals surface area contributed by atoms with Gasteiger partial charge in [-0.3, -0.25) is 14.5 Å². The fraction of sp³-hybridized carbons (Fsp3) is 0.556. The van der Waals surface area contributed by atoms with Crippen LogP contribution < -0.4 is 16.0 Å². The van der Waals surface area contributed by atoms with Gasteiger partial charge in [-0.15, -0.1) is 0 Å². The van der Waals surface area contributed by atoms with Gasteiger partial charge in [0.25, 0.3) is 12.3 Å². The first kappa shape index (κ1) is 21.2. The molecule has 1 heterocycles. The highest BCUT2D eigenvalue weighted by molar-refractivity contribution is 5.97. The maximum Gasteiger partial charge on any atom is 0.265 e. The molecular formula is C18H26F2N4O3. The van der Waals surface area contributed by atoms with E-state index in [4.69, 9.17) is 10.5 Å². The van der Waals surface area contributed by atoms with Gasteiger partial charge in [0.05, 0.1) is 12.3 Å². The second kappa shape index (κ2) is 9.72. The van der Waals surface area contributed by atoms with Crippen molar-refractivity contribution >= 4 is 23.2 Å². The monoisotopic (exact) mass is 384 g/mol. The maximum atomic E-state index is 13.6.